The highest BCUT2D eigenvalue weighted by Gasteiger charge is 2.16. The van der Waals surface area contributed by atoms with E-state index in [1.807, 2.05) is 12.1 Å². The minimum atomic E-state index is -0.359. The van der Waals surface area contributed by atoms with Gasteiger partial charge in [-0.1, -0.05) is 18.2 Å². The Bertz CT molecular complexity index is 1120. The van der Waals surface area contributed by atoms with Crippen LogP contribution in [0, 0.1) is 5.82 Å². The Labute approximate surface area is 154 Å². The van der Waals surface area contributed by atoms with E-state index in [2.05, 4.69) is 20.4 Å². The van der Waals surface area contributed by atoms with Crippen LogP contribution >= 0.6 is 0 Å². The first-order valence-electron chi connectivity index (χ1n) is 8.37. The van der Waals surface area contributed by atoms with Crippen molar-refractivity contribution in [1.82, 2.24) is 25.1 Å². The number of amides is 1. The Kier molecular flexibility index (Phi) is 4.33. The first-order chi connectivity index (χ1) is 13.1. The maximum absolute atomic E-state index is 13.6. The molecular formula is C20H16FN5O. The molecule has 0 radical (unpaired) electrons. The van der Waals surface area contributed by atoms with Crippen molar-refractivity contribution in [2.45, 2.75) is 6.54 Å². The van der Waals surface area contributed by atoms with E-state index in [0.717, 1.165) is 5.56 Å². The molecule has 134 valence electrons. The lowest BCUT2D eigenvalue weighted by atomic mass is 10.1. The van der Waals surface area contributed by atoms with Crippen LogP contribution in [0.25, 0.3) is 22.3 Å². The summed E-state index contributed by atoms with van der Waals surface area (Å²) in [5.74, 6) is -0.612. The highest BCUT2D eigenvalue weighted by molar-refractivity contribution is 6.06. The number of halogens is 1. The molecule has 0 aliphatic heterocycles. The molecular weight excluding hydrogens is 345 g/mol. The molecule has 1 aromatic carbocycles. The van der Waals surface area contributed by atoms with Crippen molar-refractivity contribution in [1.29, 1.82) is 0 Å². The molecule has 0 saturated heterocycles. The third kappa shape index (κ3) is 3.39. The molecule has 0 fully saturated rings. The average Bonchev–Trinajstić information content (AvgIpc) is 3.07. The monoisotopic (exact) mass is 361 g/mol. The summed E-state index contributed by atoms with van der Waals surface area (Å²) in [5.41, 5.74) is 3.00. The predicted molar refractivity (Wildman–Crippen MR) is 99.3 cm³/mol. The number of fused-ring (bicyclic) bond motifs is 1. The van der Waals surface area contributed by atoms with Crippen molar-refractivity contribution in [2.24, 2.45) is 7.05 Å². The number of aromatic nitrogens is 4. The lowest BCUT2D eigenvalue weighted by molar-refractivity contribution is 0.0952. The fraction of sp³-hybridized carbons (Fsp3) is 0.100. The molecule has 0 saturated carbocycles. The lowest BCUT2D eigenvalue weighted by Crippen LogP contribution is -2.23. The van der Waals surface area contributed by atoms with Crippen LogP contribution in [0.1, 0.15) is 15.9 Å². The number of pyridine rings is 2. The van der Waals surface area contributed by atoms with Gasteiger partial charge in [0, 0.05) is 31.5 Å². The number of aryl methyl sites for hydroxylation is 1. The standard InChI is InChI=1S/C20H16FN5O/c1-26-19-17(12-24-26)16(20(27)23-11-13-4-3-7-22-10-13)9-18(25-19)14-5-2-6-15(21)8-14/h2-10,12H,11H2,1H3,(H,23,27). The van der Waals surface area contributed by atoms with Gasteiger partial charge in [0.15, 0.2) is 5.65 Å². The van der Waals surface area contributed by atoms with Crippen LogP contribution in [0.15, 0.2) is 61.1 Å². The summed E-state index contributed by atoms with van der Waals surface area (Å²) in [6.45, 7) is 0.353. The molecule has 3 heterocycles. The highest BCUT2D eigenvalue weighted by atomic mass is 19.1. The van der Waals surface area contributed by atoms with Gasteiger partial charge in [0.1, 0.15) is 5.82 Å². The summed E-state index contributed by atoms with van der Waals surface area (Å²) in [5, 5.41) is 7.73. The Balaban J connectivity index is 1.73. The minimum Gasteiger partial charge on any atom is -0.348 e. The SMILES string of the molecule is Cn1ncc2c(C(=O)NCc3cccnc3)cc(-c3cccc(F)c3)nc21. The van der Waals surface area contributed by atoms with E-state index in [-0.39, 0.29) is 11.7 Å². The largest absolute Gasteiger partial charge is 0.348 e. The summed E-state index contributed by atoms with van der Waals surface area (Å²) in [6.07, 6.45) is 4.99. The molecule has 0 unspecified atom stereocenters. The van der Waals surface area contributed by atoms with Gasteiger partial charge in [0.25, 0.3) is 5.91 Å². The second-order valence-corrected chi connectivity index (χ2v) is 6.11. The molecule has 0 atom stereocenters. The van der Waals surface area contributed by atoms with E-state index >= 15 is 0 Å². The molecule has 3 aromatic heterocycles. The molecule has 1 amide bonds. The molecule has 6 nitrogen and oxygen atoms in total. The Morgan fingerprint density at radius 3 is 2.85 bits per heavy atom. The van der Waals surface area contributed by atoms with E-state index in [4.69, 9.17) is 0 Å². The molecule has 0 aliphatic carbocycles. The van der Waals surface area contributed by atoms with Crippen molar-refractivity contribution in [3.63, 3.8) is 0 Å². The van der Waals surface area contributed by atoms with Gasteiger partial charge in [-0.25, -0.2) is 9.37 Å². The zero-order chi connectivity index (χ0) is 18.8. The Hall–Kier alpha value is -3.61. The number of nitrogens with one attached hydrogen (secondary N) is 1. The number of hydrogen-bond donors (Lipinski definition) is 1. The van der Waals surface area contributed by atoms with Crippen LogP contribution in [-0.2, 0) is 13.6 Å². The normalized spacial score (nSPS) is 10.9. The van der Waals surface area contributed by atoms with E-state index in [1.54, 1.807) is 48.5 Å². The van der Waals surface area contributed by atoms with Crippen LogP contribution in [0.3, 0.4) is 0 Å². The van der Waals surface area contributed by atoms with Crippen LogP contribution in [0.4, 0.5) is 4.39 Å². The summed E-state index contributed by atoms with van der Waals surface area (Å²) in [6, 6.07) is 11.5. The van der Waals surface area contributed by atoms with Crippen molar-refractivity contribution < 1.29 is 9.18 Å². The topological polar surface area (TPSA) is 72.7 Å². The van der Waals surface area contributed by atoms with Gasteiger partial charge in [-0.3, -0.25) is 14.5 Å². The van der Waals surface area contributed by atoms with Gasteiger partial charge in [-0.15, -0.1) is 0 Å². The van der Waals surface area contributed by atoms with Crippen LogP contribution in [0.2, 0.25) is 0 Å². The second kappa shape index (κ2) is 6.95. The molecule has 7 heteroatoms. The predicted octanol–water partition coefficient (Wildman–Crippen LogP) is 3.10. The van der Waals surface area contributed by atoms with Crippen molar-refractivity contribution in [3.05, 3.63) is 78.0 Å². The van der Waals surface area contributed by atoms with Gasteiger partial charge in [-0.2, -0.15) is 5.10 Å². The molecule has 27 heavy (non-hydrogen) atoms. The summed E-state index contributed by atoms with van der Waals surface area (Å²) in [7, 11) is 1.75. The smallest absolute Gasteiger partial charge is 0.252 e. The van der Waals surface area contributed by atoms with E-state index in [9.17, 15) is 9.18 Å². The molecule has 1 N–H and O–H groups in total. The number of rotatable bonds is 4. The summed E-state index contributed by atoms with van der Waals surface area (Å²) in [4.78, 5) is 21.4. The molecule has 4 rings (SSSR count). The summed E-state index contributed by atoms with van der Waals surface area (Å²) < 4.78 is 15.2. The van der Waals surface area contributed by atoms with E-state index in [0.29, 0.717) is 34.4 Å². The quantitative estimate of drug-likeness (QED) is 0.606. The Morgan fingerprint density at radius 2 is 2.07 bits per heavy atom. The van der Waals surface area contributed by atoms with Gasteiger partial charge in [-0.05, 0) is 29.8 Å². The fourth-order valence-corrected chi connectivity index (χ4v) is 2.88. The van der Waals surface area contributed by atoms with Crippen LogP contribution in [-0.4, -0.2) is 25.7 Å². The van der Waals surface area contributed by atoms with Crippen molar-refractivity contribution in [3.8, 4) is 11.3 Å². The first-order valence-corrected chi connectivity index (χ1v) is 8.37. The van der Waals surface area contributed by atoms with E-state index < -0.39 is 0 Å². The zero-order valence-corrected chi connectivity index (χ0v) is 14.6. The third-order valence-electron chi connectivity index (χ3n) is 4.25. The minimum absolute atomic E-state index is 0.253. The number of carbonyl (C=O) groups excluding carboxylic acids is 1. The molecule has 0 spiro atoms. The Morgan fingerprint density at radius 1 is 1.19 bits per heavy atom. The average molecular weight is 361 g/mol. The third-order valence-corrected chi connectivity index (χ3v) is 4.25. The maximum Gasteiger partial charge on any atom is 0.252 e. The van der Waals surface area contributed by atoms with Gasteiger partial charge in [0.2, 0.25) is 0 Å². The highest BCUT2D eigenvalue weighted by Crippen LogP contribution is 2.25. The van der Waals surface area contributed by atoms with Gasteiger partial charge < -0.3 is 5.32 Å². The number of benzene rings is 1. The maximum atomic E-state index is 13.6. The molecule has 0 aliphatic rings. The fourth-order valence-electron chi connectivity index (χ4n) is 2.88. The first kappa shape index (κ1) is 16.8. The number of nitrogens with zero attached hydrogens (tertiary/aromatic N) is 4. The van der Waals surface area contributed by atoms with Crippen LogP contribution < -0.4 is 5.32 Å². The van der Waals surface area contributed by atoms with Crippen molar-refractivity contribution in [2.75, 3.05) is 0 Å². The van der Waals surface area contributed by atoms with Crippen molar-refractivity contribution >= 4 is 16.9 Å². The molecule has 0 bridgehead atoms. The molecule has 4 aromatic rings. The lowest BCUT2D eigenvalue weighted by Gasteiger charge is -2.09. The number of hydrogen-bond acceptors (Lipinski definition) is 4. The second-order valence-electron chi connectivity index (χ2n) is 6.11. The summed E-state index contributed by atoms with van der Waals surface area (Å²) >= 11 is 0. The zero-order valence-electron chi connectivity index (χ0n) is 14.6. The van der Waals surface area contributed by atoms with Gasteiger partial charge >= 0.3 is 0 Å². The van der Waals surface area contributed by atoms with E-state index in [1.165, 1.54) is 12.1 Å². The number of carbonyl (C=O) groups is 1. The van der Waals surface area contributed by atoms with Crippen LogP contribution in [0.5, 0.6) is 0 Å². The van der Waals surface area contributed by atoms with Gasteiger partial charge in [0.05, 0.1) is 22.8 Å².